The summed E-state index contributed by atoms with van der Waals surface area (Å²) < 4.78 is 5.78. The summed E-state index contributed by atoms with van der Waals surface area (Å²) in [5.74, 6) is -0.0553. The number of aromatic nitrogens is 1. The van der Waals surface area contributed by atoms with Crippen molar-refractivity contribution in [2.24, 2.45) is 0 Å². The second-order valence-electron chi connectivity index (χ2n) is 9.29. The maximum atomic E-state index is 13.4. The Kier molecular flexibility index (Phi) is 6.34. The molecule has 10 nitrogen and oxygen atoms in total. The minimum atomic E-state index is -0.914. The maximum Gasteiger partial charge on any atom is 0.331 e. The van der Waals surface area contributed by atoms with Gasteiger partial charge in [-0.15, -0.1) is 11.3 Å². The number of amides is 4. The minimum absolute atomic E-state index is 0.0252. The molecular formula is C26H27N5O5S. The zero-order valence-corrected chi connectivity index (χ0v) is 21.5. The van der Waals surface area contributed by atoms with E-state index in [2.05, 4.69) is 22.2 Å². The number of nitrogens with one attached hydrogen (secondary N) is 2. The van der Waals surface area contributed by atoms with Crippen LogP contribution in [0.15, 0.2) is 43.1 Å². The van der Waals surface area contributed by atoms with Gasteiger partial charge in [0, 0.05) is 19.3 Å². The Morgan fingerprint density at radius 1 is 1.30 bits per heavy atom. The molecule has 192 valence electrons. The highest BCUT2D eigenvalue weighted by molar-refractivity contribution is 7.21. The summed E-state index contributed by atoms with van der Waals surface area (Å²) in [6.07, 6.45) is 1.89. The first-order chi connectivity index (χ1) is 17.7. The fourth-order valence-electron chi connectivity index (χ4n) is 4.68. The Bertz CT molecular complexity index is 1430. The smallest absolute Gasteiger partial charge is 0.331 e. The van der Waals surface area contributed by atoms with Crippen molar-refractivity contribution in [3.05, 3.63) is 53.6 Å². The van der Waals surface area contributed by atoms with E-state index in [1.165, 1.54) is 11.0 Å². The van der Waals surface area contributed by atoms with E-state index in [1.54, 1.807) is 17.2 Å². The van der Waals surface area contributed by atoms with Crippen molar-refractivity contribution in [3.63, 3.8) is 0 Å². The summed E-state index contributed by atoms with van der Waals surface area (Å²) in [4.78, 5) is 46.9. The fraction of sp³-hybridized carbons (Fsp3) is 0.308. The number of anilines is 3. The first-order valence-electron chi connectivity index (χ1n) is 11.9. The Hall–Kier alpha value is -3.96. The first-order valence-corrected chi connectivity index (χ1v) is 12.7. The van der Waals surface area contributed by atoms with E-state index in [-0.39, 0.29) is 30.0 Å². The third-order valence-corrected chi connectivity index (χ3v) is 7.42. The number of rotatable bonds is 6. The van der Waals surface area contributed by atoms with Crippen LogP contribution in [-0.2, 0) is 4.79 Å². The summed E-state index contributed by atoms with van der Waals surface area (Å²) in [5, 5.41) is 16.7. The van der Waals surface area contributed by atoms with Gasteiger partial charge in [-0.25, -0.2) is 9.78 Å². The van der Waals surface area contributed by atoms with Crippen LogP contribution in [0.25, 0.3) is 10.2 Å². The van der Waals surface area contributed by atoms with Crippen LogP contribution in [-0.4, -0.2) is 64.2 Å². The molecule has 3 aromatic rings. The molecule has 1 aromatic carbocycles. The number of aliphatic hydroxyl groups excluding tert-OH is 1. The summed E-state index contributed by atoms with van der Waals surface area (Å²) in [7, 11) is 0. The average molecular weight is 522 g/mol. The molecule has 0 radical (unpaired) electrons. The van der Waals surface area contributed by atoms with Gasteiger partial charge in [-0.3, -0.25) is 14.5 Å². The number of nitrogens with zero attached hydrogens (tertiary/aromatic N) is 3. The molecule has 0 bridgehead atoms. The monoisotopic (exact) mass is 521 g/mol. The number of aryl methyl sites for hydroxylation is 1. The van der Waals surface area contributed by atoms with Crippen LogP contribution in [0.3, 0.4) is 0 Å². The molecule has 0 spiro atoms. The average Bonchev–Trinajstić information content (AvgIpc) is 3.40. The predicted molar refractivity (Wildman–Crippen MR) is 142 cm³/mol. The van der Waals surface area contributed by atoms with Gasteiger partial charge in [0.05, 0.1) is 40.7 Å². The Morgan fingerprint density at radius 3 is 2.78 bits per heavy atom. The lowest BCUT2D eigenvalue weighted by Crippen LogP contribution is -2.43. The summed E-state index contributed by atoms with van der Waals surface area (Å²) in [6.45, 7) is 9.54. The molecule has 37 heavy (non-hydrogen) atoms. The van der Waals surface area contributed by atoms with E-state index < -0.39 is 24.1 Å². The normalized spacial score (nSPS) is 18.8. The molecule has 0 aliphatic carbocycles. The largest absolute Gasteiger partial charge is 0.491 e. The van der Waals surface area contributed by atoms with Crippen LogP contribution in [0.2, 0.25) is 0 Å². The molecule has 3 N–H and O–H groups in total. The lowest BCUT2D eigenvalue weighted by atomic mass is 10.1. The Labute approximate surface area is 217 Å². The van der Waals surface area contributed by atoms with Crippen molar-refractivity contribution in [3.8, 4) is 5.75 Å². The zero-order chi connectivity index (χ0) is 26.4. The maximum absolute atomic E-state index is 13.4. The zero-order valence-electron chi connectivity index (χ0n) is 20.6. The molecule has 4 amide bonds. The number of hydrogen-bond acceptors (Lipinski definition) is 7. The van der Waals surface area contributed by atoms with Gasteiger partial charge in [-0.05, 0) is 56.7 Å². The van der Waals surface area contributed by atoms with Gasteiger partial charge in [-0.1, -0.05) is 6.58 Å². The van der Waals surface area contributed by atoms with E-state index >= 15 is 0 Å². The van der Waals surface area contributed by atoms with E-state index in [1.807, 2.05) is 39.0 Å². The number of urea groups is 1. The lowest BCUT2D eigenvalue weighted by molar-refractivity contribution is -0.125. The number of carbonyl (C=O) groups is 3. The van der Waals surface area contributed by atoms with Gasteiger partial charge in [0.15, 0.2) is 0 Å². The van der Waals surface area contributed by atoms with E-state index in [9.17, 15) is 19.5 Å². The third-order valence-electron chi connectivity index (χ3n) is 6.32. The van der Waals surface area contributed by atoms with Crippen molar-refractivity contribution in [2.75, 3.05) is 23.3 Å². The van der Waals surface area contributed by atoms with E-state index in [4.69, 9.17) is 4.74 Å². The van der Waals surface area contributed by atoms with Crippen molar-refractivity contribution in [1.29, 1.82) is 0 Å². The van der Waals surface area contributed by atoms with Gasteiger partial charge >= 0.3 is 6.03 Å². The fourth-order valence-corrected chi connectivity index (χ4v) is 5.70. The SMILES string of the molecule is C=CC(=O)N1C[C@@H](O)[C@H](NC(=O)c2sc3nccc4c3c2NC(=O)N4c2ccc(OC(C)C)cc2C)C1. The highest BCUT2D eigenvalue weighted by Crippen LogP contribution is 2.46. The number of likely N-dealkylation sites (tertiary alicyclic amines) is 1. The molecule has 1 saturated heterocycles. The molecular weight excluding hydrogens is 494 g/mol. The molecule has 4 heterocycles. The van der Waals surface area contributed by atoms with Crippen molar-refractivity contribution in [2.45, 2.75) is 39.0 Å². The second kappa shape index (κ2) is 9.49. The summed E-state index contributed by atoms with van der Waals surface area (Å²) in [5.41, 5.74) is 2.53. The molecule has 2 aliphatic rings. The van der Waals surface area contributed by atoms with Crippen LogP contribution in [0, 0.1) is 6.92 Å². The molecule has 2 aromatic heterocycles. The first kappa shape index (κ1) is 24.7. The summed E-state index contributed by atoms with van der Waals surface area (Å²) >= 11 is 1.16. The number of thiophene rings is 1. The highest BCUT2D eigenvalue weighted by Gasteiger charge is 2.37. The number of hydrogen-bond donors (Lipinski definition) is 3. The molecule has 1 fully saturated rings. The highest BCUT2D eigenvalue weighted by atomic mass is 32.1. The van der Waals surface area contributed by atoms with E-state index in [0.717, 1.165) is 16.9 Å². The van der Waals surface area contributed by atoms with Crippen LogP contribution in [0.4, 0.5) is 21.9 Å². The van der Waals surface area contributed by atoms with Crippen LogP contribution < -0.4 is 20.3 Å². The van der Waals surface area contributed by atoms with Crippen molar-refractivity contribution < 1.29 is 24.2 Å². The van der Waals surface area contributed by atoms with Crippen molar-refractivity contribution >= 4 is 56.5 Å². The Morgan fingerprint density at radius 2 is 2.08 bits per heavy atom. The topological polar surface area (TPSA) is 124 Å². The number of benzene rings is 1. The van der Waals surface area contributed by atoms with Gasteiger partial charge in [0.25, 0.3) is 5.91 Å². The van der Waals surface area contributed by atoms with Gasteiger partial charge in [0.1, 0.15) is 15.5 Å². The molecule has 5 rings (SSSR count). The lowest BCUT2D eigenvalue weighted by Gasteiger charge is -2.29. The van der Waals surface area contributed by atoms with Gasteiger partial charge < -0.3 is 25.4 Å². The quantitative estimate of drug-likeness (QED) is 0.426. The second-order valence-corrected chi connectivity index (χ2v) is 10.3. The van der Waals surface area contributed by atoms with E-state index in [0.29, 0.717) is 33.0 Å². The standard InChI is InChI=1S/C26H27N5O5S/c1-5-20(33)30-11-16(19(32)12-30)28-24(34)23-22-21-18(8-9-27-25(21)37-23)31(26(35)29-22)17-7-6-15(10-14(17)4)36-13(2)3/h5-10,13,16,19,32H,1,11-12H2,2-4H3,(H,28,34)(H,29,35)/t16-,19-/m1/s1. The summed E-state index contributed by atoms with van der Waals surface area (Å²) in [6, 6.07) is 6.24. The van der Waals surface area contributed by atoms with Gasteiger partial charge in [-0.2, -0.15) is 0 Å². The predicted octanol–water partition coefficient (Wildman–Crippen LogP) is 3.56. The number of ether oxygens (including phenoxy) is 1. The van der Waals surface area contributed by atoms with Crippen LogP contribution in [0.1, 0.15) is 29.1 Å². The number of pyridine rings is 1. The number of β-amino-alcohol motifs (C(OH)–C–C–N with tert-alkyl or cyclic N) is 1. The molecule has 0 unspecified atom stereocenters. The van der Waals surface area contributed by atoms with Crippen LogP contribution >= 0.6 is 11.3 Å². The van der Waals surface area contributed by atoms with Crippen molar-refractivity contribution in [1.82, 2.24) is 15.2 Å². The number of carbonyl (C=O) groups excluding carboxylic acids is 3. The third kappa shape index (κ3) is 4.40. The molecule has 2 aliphatic heterocycles. The molecule has 2 atom stereocenters. The van der Waals surface area contributed by atoms with Crippen LogP contribution in [0.5, 0.6) is 5.75 Å². The molecule has 0 saturated carbocycles. The Balaban J connectivity index is 1.48. The molecule has 11 heteroatoms. The van der Waals surface area contributed by atoms with Gasteiger partial charge in [0.2, 0.25) is 5.91 Å². The minimum Gasteiger partial charge on any atom is -0.491 e. The number of aliphatic hydroxyl groups is 1.